The van der Waals surface area contributed by atoms with Gasteiger partial charge in [0.25, 0.3) is 0 Å². The number of fused-ring (bicyclic) bond motifs is 1. The third-order valence-corrected chi connectivity index (χ3v) is 3.89. The van der Waals surface area contributed by atoms with Gasteiger partial charge < -0.3 is 15.7 Å². The Morgan fingerprint density at radius 2 is 2.05 bits per heavy atom. The van der Waals surface area contributed by atoms with Gasteiger partial charge in [0.1, 0.15) is 0 Å². The van der Waals surface area contributed by atoms with Crippen LogP contribution in [0, 0.1) is 0 Å². The smallest absolute Gasteiger partial charge is 0.237 e. The van der Waals surface area contributed by atoms with Crippen molar-refractivity contribution in [3.05, 3.63) is 35.4 Å². The molecule has 4 nitrogen and oxygen atoms in total. The average Bonchev–Trinajstić information content (AvgIpc) is 2.37. The third-order valence-electron chi connectivity index (χ3n) is 3.89. The predicted octanol–water partition coefficient (Wildman–Crippen LogP) is 0.976. The first-order valence-electron chi connectivity index (χ1n) is 6.70. The van der Waals surface area contributed by atoms with Crippen molar-refractivity contribution in [2.75, 3.05) is 0 Å². The summed E-state index contributed by atoms with van der Waals surface area (Å²) >= 11 is 0. The molecule has 2 atom stereocenters. The predicted molar refractivity (Wildman–Crippen MR) is 74.7 cm³/mol. The van der Waals surface area contributed by atoms with Gasteiger partial charge in [0, 0.05) is 6.54 Å². The molecule has 1 heterocycles. The van der Waals surface area contributed by atoms with Crippen LogP contribution in [0.4, 0.5) is 0 Å². The van der Waals surface area contributed by atoms with E-state index in [1.54, 1.807) is 6.92 Å². The topological polar surface area (TPSA) is 61.4 Å². The molecule has 2 rings (SSSR count). The Labute approximate surface area is 114 Å². The summed E-state index contributed by atoms with van der Waals surface area (Å²) in [7, 11) is 0. The molecule has 1 aromatic carbocycles. The summed E-state index contributed by atoms with van der Waals surface area (Å²) in [5, 5.41) is 15.8. The zero-order valence-electron chi connectivity index (χ0n) is 11.7. The fraction of sp³-hybridized carbons (Fsp3) is 0.533. The van der Waals surface area contributed by atoms with Gasteiger partial charge in [-0.25, -0.2) is 0 Å². The summed E-state index contributed by atoms with van der Waals surface area (Å²) in [4.78, 5) is 12.2. The second-order valence-corrected chi connectivity index (χ2v) is 5.79. The van der Waals surface area contributed by atoms with Gasteiger partial charge in [0.15, 0.2) is 0 Å². The molecule has 1 aliphatic heterocycles. The summed E-state index contributed by atoms with van der Waals surface area (Å²) < 4.78 is 0. The number of carbonyl (C=O) groups is 1. The average molecular weight is 262 g/mol. The molecule has 0 aliphatic carbocycles. The van der Waals surface area contributed by atoms with Crippen molar-refractivity contribution in [3.63, 3.8) is 0 Å². The van der Waals surface area contributed by atoms with Crippen molar-refractivity contribution in [1.82, 2.24) is 10.6 Å². The van der Waals surface area contributed by atoms with E-state index in [1.807, 2.05) is 26.0 Å². The highest BCUT2D eigenvalue weighted by Gasteiger charge is 2.31. The minimum Gasteiger partial charge on any atom is -0.391 e. The van der Waals surface area contributed by atoms with E-state index in [0.29, 0.717) is 13.0 Å². The van der Waals surface area contributed by atoms with Gasteiger partial charge in [-0.05, 0) is 38.3 Å². The van der Waals surface area contributed by atoms with Crippen LogP contribution < -0.4 is 10.6 Å². The second kappa shape index (κ2) is 5.31. The molecule has 4 heteroatoms. The number of carbonyl (C=O) groups excluding carboxylic acids is 1. The monoisotopic (exact) mass is 262 g/mol. The number of nitrogens with one attached hydrogen (secondary N) is 2. The minimum absolute atomic E-state index is 0.0552. The van der Waals surface area contributed by atoms with E-state index in [0.717, 1.165) is 0 Å². The summed E-state index contributed by atoms with van der Waals surface area (Å²) in [6.45, 7) is 6.05. The van der Waals surface area contributed by atoms with Crippen LogP contribution >= 0.6 is 0 Å². The van der Waals surface area contributed by atoms with Gasteiger partial charge in [0.05, 0.1) is 17.7 Å². The Hall–Kier alpha value is -1.39. The maximum atomic E-state index is 12.2. The fourth-order valence-electron chi connectivity index (χ4n) is 2.15. The van der Waals surface area contributed by atoms with Crippen LogP contribution in [0.25, 0.3) is 0 Å². The lowest BCUT2D eigenvalue weighted by atomic mass is 9.93. The lowest BCUT2D eigenvalue weighted by Crippen LogP contribution is -2.57. The van der Waals surface area contributed by atoms with E-state index in [-0.39, 0.29) is 11.9 Å². The maximum absolute atomic E-state index is 12.2. The SMILES string of the molecule is CC(O)C(C)(C)NC(=O)[C@H]1Cc2ccccc2CN1. The largest absolute Gasteiger partial charge is 0.391 e. The molecular formula is C15H22N2O2. The normalized spacial score (nSPS) is 20.5. The Bertz CT molecular complexity index is 469. The first-order chi connectivity index (χ1) is 8.90. The number of hydrogen-bond acceptors (Lipinski definition) is 3. The zero-order chi connectivity index (χ0) is 14.0. The molecule has 104 valence electrons. The van der Waals surface area contributed by atoms with Gasteiger partial charge in [-0.3, -0.25) is 4.79 Å². The van der Waals surface area contributed by atoms with Gasteiger partial charge >= 0.3 is 0 Å². The lowest BCUT2D eigenvalue weighted by Gasteiger charge is -2.33. The lowest BCUT2D eigenvalue weighted by molar-refractivity contribution is -0.126. The highest BCUT2D eigenvalue weighted by molar-refractivity contribution is 5.83. The number of aliphatic hydroxyl groups excluding tert-OH is 1. The van der Waals surface area contributed by atoms with Crippen molar-refractivity contribution < 1.29 is 9.90 Å². The third kappa shape index (κ3) is 3.14. The molecule has 19 heavy (non-hydrogen) atoms. The number of aliphatic hydroxyl groups is 1. The van der Waals surface area contributed by atoms with Crippen LogP contribution in [0.2, 0.25) is 0 Å². The second-order valence-electron chi connectivity index (χ2n) is 5.79. The molecule has 3 N–H and O–H groups in total. The maximum Gasteiger partial charge on any atom is 0.237 e. The number of rotatable bonds is 3. The Kier molecular flexibility index (Phi) is 3.92. The number of amides is 1. The molecule has 0 fully saturated rings. The van der Waals surface area contributed by atoms with E-state index in [2.05, 4.69) is 22.8 Å². The van der Waals surface area contributed by atoms with E-state index < -0.39 is 11.6 Å². The first-order valence-corrected chi connectivity index (χ1v) is 6.70. The van der Waals surface area contributed by atoms with Crippen LogP contribution in [-0.2, 0) is 17.8 Å². The van der Waals surface area contributed by atoms with E-state index in [9.17, 15) is 9.90 Å². The van der Waals surface area contributed by atoms with Crippen LogP contribution in [0.15, 0.2) is 24.3 Å². The van der Waals surface area contributed by atoms with E-state index >= 15 is 0 Å². The summed E-state index contributed by atoms with van der Waals surface area (Å²) in [5.74, 6) is -0.0552. The molecular weight excluding hydrogens is 240 g/mol. The minimum atomic E-state index is -0.615. The van der Waals surface area contributed by atoms with Crippen molar-refractivity contribution in [1.29, 1.82) is 0 Å². The van der Waals surface area contributed by atoms with Crippen LogP contribution in [0.5, 0.6) is 0 Å². The molecule has 0 bridgehead atoms. The molecule has 1 amide bonds. The van der Waals surface area contributed by atoms with Crippen molar-refractivity contribution in [2.45, 2.75) is 51.4 Å². The van der Waals surface area contributed by atoms with Gasteiger partial charge in [-0.1, -0.05) is 24.3 Å². The van der Waals surface area contributed by atoms with Crippen LogP contribution in [-0.4, -0.2) is 28.7 Å². The van der Waals surface area contributed by atoms with Crippen molar-refractivity contribution >= 4 is 5.91 Å². The van der Waals surface area contributed by atoms with Crippen LogP contribution in [0.3, 0.4) is 0 Å². The molecule has 1 unspecified atom stereocenters. The van der Waals surface area contributed by atoms with Crippen molar-refractivity contribution in [3.8, 4) is 0 Å². The zero-order valence-corrected chi connectivity index (χ0v) is 11.7. The van der Waals surface area contributed by atoms with Gasteiger partial charge in [-0.15, -0.1) is 0 Å². The summed E-state index contributed by atoms with van der Waals surface area (Å²) in [6, 6.07) is 7.93. The van der Waals surface area contributed by atoms with E-state index in [1.165, 1.54) is 11.1 Å². The molecule has 1 aliphatic rings. The highest BCUT2D eigenvalue weighted by atomic mass is 16.3. The summed E-state index contributed by atoms with van der Waals surface area (Å²) in [6.07, 6.45) is 0.102. The standard InChI is InChI=1S/C15H22N2O2/c1-10(18)15(2,3)17-14(19)13-8-11-6-4-5-7-12(11)9-16-13/h4-7,10,13,16,18H,8-9H2,1-3H3,(H,17,19)/t10?,13-/m1/s1. The molecule has 0 radical (unpaired) electrons. The molecule has 0 spiro atoms. The molecule has 0 saturated heterocycles. The Balaban J connectivity index is 2.03. The molecule has 1 aromatic rings. The Morgan fingerprint density at radius 1 is 1.42 bits per heavy atom. The summed E-state index contributed by atoms with van der Waals surface area (Å²) in [5.41, 5.74) is 1.85. The number of hydrogen-bond donors (Lipinski definition) is 3. The van der Waals surface area contributed by atoms with Crippen LogP contribution in [0.1, 0.15) is 31.9 Å². The van der Waals surface area contributed by atoms with Gasteiger partial charge in [-0.2, -0.15) is 0 Å². The number of benzene rings is 1. The Morgan fingerprint density at radius 3 is 2.68 bits per heavy atom. The van der Waals surface area contributed by atoms with E-state index in [4.69, 9.17) is 0 Å². The molecule has 0 saturated carbocycles. The van der Waals surface area contributed by atoms with Gasteiger partial charge in [0.2, 0.25) is 5.91 Å². The first kappa shape index (κ1) is 14.0. The van der Waals surface area contributed by atoms with Crippen molar-refractivity contribution in [2.24, 2.45) is 0 Å². The molecule has 0 aromatic heterocycles. The highest BCUT2D eigenvalue weighted by Crippen LogP contribution is 2.17. The quantitative estimate of drug-likeness (QED) is 0.761. The fourth-order valence-corrected chi connectivity index (χ4v) is 2.15.